The lowest BCUT2D eigenvalue weighted by molar-refractivity contribution is -0.895. The fraction of sp³-hybridized carbons (Fsp3) is 0.632. The van der Waals surface area contributed by atoms with Crippen molar-refractivity contribution in [3.05, 3.63) is 29.3 Å². The zero-order chi connectivity index (χ0) is 19.5. The number of amides is 1. The third-order valence-corrected chi connectivity index (χ3v) is 7.21. The van der Waals surface area contributed by atoms with Crippen molar-refractivity contribution in [2.75, 3.05) is 32.7 Å². The average Bonchev–Trinajstić information content (AvgIpc) is 2.54. The van der Waals surface area contributed by atoms with Crippen LogP contribution in [0.2, 0.25) is 0 Å². The molecule has 1 aromatic rings. The molecule has 0 bridgehead atoms. The van der Waals surface area contributed by atoms with Gasteiger partial charge in [0.25, 0.3) is 5.91 Å². The third kappa shape index (κ3) is 5.05. The maximum absolute atomic E-state index is 12.9. The van der Waals surface area contributed by atoms with Crippen molar-refractivity contribution in [3.63, 3.8) is 0 Å². The second-order valence-corrected chi connectivity index (χ2v) is 9.79. The first-order valence-electron chi connectivity index (χ1n) is 9.27. The van der Waals surface area contributed by atoms with E-state index in [-0.39, 0.29) is 11.4 Å². The summed E-state index contributed by atoms with van der Waals surface area (Å²) in [4.78, 5) is 13.7. The lowest BCUT2D eigenvalue weighted by Gasteiger charge is -2.32. The minimum absolute atomic E-state index is 0.0255. The van der Waals surface area contributed by atoms with E-state index in [1.165, 1.54) is 0 Å². The highest BCUT2D eigenvalue weighted by Crippen LogP contribution is 2.20. The molecule has 26 heavy (non-hydrogen) atoms. The number of quaternary nitrogens is 1. The molecule has 1 aliphatic rings. The molecule has 0 radical (unpaired) electrons. The standard InChI is InChI=1S/C19H31N3O3S/c1-6-19(4,5)20-18(23)14-21-9-11-22(12-10-21)26(24,25)17-8-7-15(2)13-16(17)3/h7-8,13H,6,9-12,14H2,1-5H3,(H,20,23)/p+1. The molecular weight excluding hydrogens is 350 g/mol. The normalized spacial score (nSPS) is 17.3. The molecule has 1 aliphatic heterocycles. The van der Waals surface area contributed by atoms with E-state index in [1.54, 1.807) is 10.4 Å². The summed E-state index contributed by atoms with van der Waals surface area (Å²) >= 11 is 0. The molecule has 1 aromatic carbocycles. The van der Waals surface area contributed by atoms with Crippen LogP contribution < -0.4 is 10.2 Å². The van der Waals surface area contributed by atoms with E-state index in [1.807, 2.05) is 46.8 Å². The Balaban J connectivity index is 1.96. The predicted molar refractivity (Wildman–Crippen MR) is 103 cm³/mol. The number of benzene rings is 1. The van der Waals surface area contributed by atoms with Gasteiger partial charge in [0.1, 0.15) is 0 Å². The molecular formula is C19H32N3O3S+. The number of aryl methyl sites for hydroxylation is 2. The van der Waals surface area contributed by atoms with Crippen LogP contribution in [0.4, 0.5) is 0 Å². The van der Waals surface area contributed by atoms with Crippen LogP contribution in [0.15, 0.2) is 23.1 Å². The van der Waals surface area contributed by atoms with Gasteiger partial charge in [0.2, 0.25) is 10.0 Å². The summed E-state index contributed by atoms with van der Waals surface area (Å²) < 4.78 is 27.4. The first kappa shape index (κ1) is 20.9. The van der Waals surface area contributed by atoms with E-state index in [9.17, 15) is 13.2 Å². The number of sulfonamides is 1. The van der Waals surface area contributed by atoms with E-state index in [0.717, 1.165) is 22.4 Å². The molecule has 7 heteroatoms. The molecule has 6 nitrogen and oxygen atoms in total. The maximum Gasteiger partial charge on any atom is 0.275 e. The minimum Gasteiger partial charge on any atom is -0.346 e. The molecule has 0 saturated carbocycles. The Kier molecular flexibility index (Phi) is 6.47. The average molecular weight is 383 g/mol. The Morgan fingerprint density at radius 3 is 2.38 bits per heavy atom. The van der Waals surface area contributed by atoms with E-state index < -0.39 is 10.0 Å². The molecule has 1 fully saturated rings. The van der Waals surface area contributed by atoms with Gasteiger partial charge < -0.3 is 10.2 Å². The molecule has 0 spiro atoms. The van der Waals surface area contributed by atoms with Gasteiger partial charge in [0.15, 0.2) is 6.54 Å². The van der Waals surface area contributed by atoms with E-state index >= 15 is 0 Å². The molecule has 0 aromatic heterocycles. The molecule has 0 atom stereocenters. The third-order valence-electron chi connectivity index (χ3n) is 5.15. The van der Waals surface area contributed by atoms with E-state index in [2.05, 4.69) is 5.32 Å². The van der Waals surface area contributed by atoms with Crippen LogP contribution in [-0.4, -0.2) is 56.9 Å². The van der Waals surface area contributed by atoms with Crippen LogP contribution in [0.5, 0.6) is 0 Å². The number of nitrogens with zero attached hydrogens (tertiary/aromatic N) is 1. The van der Waals surface area contributed by atoms with Crippen molar-refractivity contribution in [1.29, 1.82) is 0 Å². The largest absolute Gasteiger partial charge is 0.346 e. The van der Waals surface area contributed by atoms with Crippen molar-refractivity contribution in [2.24, 2.45) is 0 Å². The zero-order valence-corrected chi connectivity index (χ0v) is 17.4. The van der Waals surface area contributed by atoms with Gasteiger partial charge in [0, 0.05) is 5.54 Å². The lowest BCUT2D eigenvalue weighted by atomic mass is 10.0. The van der Waals surface area contributed by atoms with Crippen LogP contribution in [0.25, 0.3) is 0 Å². The van der Waals surface area contributed by atoms with Crippen molar-refractivity contribution in [3.8, 4) is 0 Å². The Bertz CT molecular complexity index is 751. The Morgan fingerprint density at radius 1 is 1.23 bits per heavy atom. The fourth-order valence-corrected chi connectivity index (χ4v) is 4.83. The molecule has 146 valence electrons. The van der Waals surface area contributed by atoms with Gasteiger partial charge in [0.05, 0.1) is 31.1 Å². The van der Waals surface area contributed by atoms with Gasteiger partial charge in [-0.3, -0.25) is 4.79 Å². The van der Waals surface area contributed by atoms with E-state index in [0.29, 0.717) is 37.6 Å². The van der Waals surface area contributed by atoms with E-state index in [4.69, 9.17) is 0 Å². The van der Waals surface area contributed by atoms with Crippen LogP contribution in [0, 0.1) is 13.8 Å². The monoisotopic (exact) mass is 382 g/mol. The number of carbonyl (C=O) groups is 1. The first-order chi connectivity index (χ1) is 12.0. The molecule has 0 unspecified atom stereocenters. The van der Waals surface area contributed by atoms with Gasteiger partial charge in [-0.25, -0.2) is 8.42 Å². The second-order valence-electron chi connectivity index (χ2n) is 7.89. The number of piperazine rings is 1. The predicted octanol–water partition coefficient (Wildman–Crippen LogP) is 0.497. The second kappa shape index (κ2) is 8.06. The summed E-state index contributed by atoms with van der Waals surface area (Å²) in [5.41, 5.74) is 1.63. The molecule has 0 aliphatic carbocycles. The van der Waals surface area contributed by atoms with Crippen molar-refractivity contribution >= 4 is 15.9 Å². The fourth-order valence-electron chi connectivity index (χ4n) is 3.18. The quantitative estimate of drug-likeness (QED) is 0.753. The molecule has 1 saturated heterocycles. The summed E-state index contributed by atoms with van der Waals surface area (Å²) in [7, 11) is -3.47. The Labute approximate surface area is 157 Å². The van der Waals surface area contributed by atoms with Gasteiger partial charge in [-0.05, 0) is 45.7 Å². The number of nitrogens with one attached hydrogen (secondary N) is 2. The minimum atomic E-state index is -3.47. The summed E-state index contributed by atoms with van der Waals surface area (Å²) in [6, 6.07) is 5.43. The number of hydrogen-bond donors (Lipinski definition) is 2. The van der Waals surface area contributed by atoms with Crippen molar-refractivity contribution in [1.82, 2.24) is 9.62 Å². The Morgan fingerprint density at radius 2 is 1.85 bits per heavy atom. The van der Waals surface area contributed by atoms with Crippen LogP contribution in [-0.2, 0) is 14.8 Å². The SMILES string of the molecule is CCC(C)(C)NC(=O)C[NH+]1CCN(S(=O)(=O)c2ccc(C)cc2C)CC1. The molecule has 1 amide bonds. The van der Waals surface area contributed by atoms with Crippen LogP contribution in [0.1, 0.15) is 38.3 Å². The smallest absolute Gasteiger partial charge is 0.275 e. The number of hydrogen-bond acceptors (Lipinski definition) is 3. The highest BCUT2D eigenvalue weighted by molar-refractivity contribution is 7.89. The van der Waals surface area contributed by atoms with Crippen molar-refractivity contribution in [2.45, 2.75) is 51.5 Å². The van der Waals surface area contributed by atoms with Crippen LogP contribution in [0.3, 0.4) is 0 Å². The summed E-state index contributed by atoms with van der Waals surface area (Å²) in [6.45, 7) is 12.4. The molecule has 1 heterocycles. The van der Waals surface area contributed by atoms with Gasteiger partial charge in [-0.2, -0.15) is 4.31 Å². The topological polar surface area (TPSA) is 70.9 Å². The Hall–Kier alpha value is -1.44. The number of carbonyl (C=O) groups excluding carboxylic acids is 1. The highest BCUT2D eigenvalue weighted by Gasteiger charge is 2.32. The number of rotatable bonds is 6. The molecule has 2 N–H and O–H groups in total. The lowest BCUT2D eigenvalue weighted by Crippen LogP contribution is -3.16. The molecule has 2 rings (SSSR count). The summed E-state index contributed by atoms with van der Waals surface area (Å²) in [6.07, 6.45) is 0.871. The first-order valence-corrected chi connectivity index (χ1v) is 10.7. The summed E-state index contributed by atoms with van der Waals surface area (Å²) in [5, 5.41) is 3.04. The van der Waals surface area contributed by atoms with Gasteiger partial charge in [-0.1, -0.05) is 24.6 Å². The summed E-state index contributed by atoms with van der Waals surface area (Å²) in [5.74, 6) is 0.0255. The van der Waals surface area contributed by atoms with Crippen molar-refractivity contribution < 1.29 is 18.1 Å². The van der Waals surface area contributed by atoms with Gasteiger partial charge in [-0.15, -0.1) is 0 Å². The van der Waals surface area contributed by atoms with Gasteiger partial charge >= 0.3 is 0 Å². The van der Waals surface area contributed by atoms with Crippen LogP contribution >= 0.6 is 0 Å². The maximum atomic E-state index is 12.9. The highest BCUT2D eigenvalue weighted by atomic mass is 32.2. The zero-order valence-electron chi connectivity index (χ0n) is 16.6.